The van der Waals surface area contributed by atoms with Gasteiger partial charge in [-0.05, 0) is 23.8 Å². The number of amides is 1. The van der Waals surface area contributed by atoms with Gasteiger partial charge in [0.15, 0.2) is 0 Å². The van der Waals surface area contributed by atoms with Crippen LogP contribution in [0, 0.1) is 5.82 Å². The van der Waals surface area contributed by atoms with Crippen molar-refractivity contribution in [2.24, 2.45) is 0 Å². The fourth-order valence-corrected chi connectivity index (χ4v) is 2.20. The quantitative estimate of drug-likeness (QED) is 0.840. The lowest BCUT2D eigenvalue weighted by Gasteiger charge is -2.18. The van der Waals surface area contributed by atoms with Gasteiger partial charge in [-0.1, -0.05) is 46.3 Å². The molecule has 0 fully saturated rings. The van der Waals surface area contributed by atoms with E-state index in [1.807, 2.05) is 24.3 Å². The Kier molecular flexibility index (Phi) is 4.32. The van der Waals surface area contributed by atoms with Gasteiger partial charge in [0.1, 0.15) is 5.82 Å². The topological polar surface area (TPSA) is 20.3 Å². The number of carbonyl (C=O) groups is 1. The molecule has 4 heteroatoms. The number of carbonyl (C=O) groups excluding carboxylic acids is 1. The minimum atomic E-state index is -0.494. The summed E-state index contributed by atoms with van der Waals surface area (Å²) in [6, 6.07) is 13.7. The third kappa shape index (κ3) is 3.20. The van der Waals surface area contributed by atoms with Gasteiger partial charge in [0.25, 0.3) is 5.91 Å². The molecule has 0 heterocycles. The van der Waals surface area contributed by atoms with Crippen molar-refractivity contribution in [3.05, 3.63) is 69.9 Å². The second-order valence-electron chi connectivity index (χ2n) is 4.23. The van der Waals surface area contributed by atoms with Gasteiger partial charge < -0.3 is 4.90 Å². The van der Waals surface area contributed by atoms with E-state index in [-0.39, 0.29) is 11.5 Å². The lowest BCUT2D eigenvalue weighted by atomic mass is 10.1. The molecular weight excluding hydrogens is 309 g/mol. The van der Waals surface area contributed by atoms with E-state index < -0.39 is 5.82 Å². The van der Waals surface area contributed by atoms with Gasteiger partial charge in [-0.3, -0.25) is 4.79 Å². The predicted octanol–water partition coefficient (Wildman–Crippen LogP) is 3.86. The third-order valence-corrected chi connectivity index (χ3v) is 3.59. The summed E-state index contributed by atoms with van der Waals surface area (Å²) in [4.78, 5) is 13.7. The van der Waals surface area contributed by atoms with Crippen LogP contribution in [0.3, 0.4) is 0 Å². The maximum atomic E-state index is 13.6. The number of hydrogen-bond acceptors (Lipinski definition) is 1. The van der Waals surface area contributed by atoms with E-state index in [9.17, 15) is 9.18 Å². The van der Waals surface area contributed by atoms with Gasteiger partial charge >= 0.3 is 0 Å². The highest BCUT2D eigenvalue weighted by Crippen LogP contribution is 2.18. The Morgan fingerprint density at radius 2 is 1.79 bits per heavy atom. The number of benzene rings is 2. The van der Waals surface area contributed by atoms with Crippen LogP contribution in [0.5, 0.6) is 0 Å². The average molecular weight is 322 g/mol. The maximum Gasteiger partial charge on any atom is 0.256 e. The minimum absolute atomic E-state index is 0.0945. The summed E-state index contributed by atoms with van der Waals surface area (Å²) in [6.07, 6.45) is 0. The van der Waals surface area contributed by atoms with Crippen molar-refractivity contribution in [3.8, 4) is 0 Å². The molecule has 0 spiro atoms. The lowest BCUT2D eigenvalue weighted by molar-refractivity contribution is 0.0780. The molecule has 0 atom stereocenters. The first kappa shape index (κ1) is 13.7. The molecule has 0 aliphatic carbocycles. The number of rotatable bonds is 3. The maximum absolute atomic E-state index is 13.6. The molecule has 0 unspecified atom stereocenters. The molecule has 2 aromatic rings. The highest BCUT2D eigenvalue weighted by Gasteiger charge is 2.16. The number of halogens is 2. The van der Waals surface area contributed by atoms with E-state index in [0.29, 0.717) is 6.54 Å². The van der Waals surface area contributed by atoms with Crippen molar-refractivity contribution in [3.63, 3.8) is 0 Å². The van der Waals surface area contributed by atoms with Crippen molar-refractivity contribution in [1.82, 2.24) is 4.90 Å². The van der Waals surface area contributed by atoms with Gasteiger partial charge in [-0.25, -0.2) is 4.39 Å². The van der Waals surface area contributed by atoms with E-state index in [2.05, 4.69) is 15.9 Å². The molecule has 0 N–H and O–H groups in total. The fraction of sp³-hybridized carbons (Fsp3) is 0.133. The average Bonchev–Trinajstić information content (AvgIpc) is 2.41. The lowest BCUT2D eigenvalue weighted by Crippen LogP contribution is -2.27. The Labute approximate surface area is 120 Å². The van der Waals surface area contributed by atoms with E-state index in [0.717, 1.165) is 10.0 Å². The first-order valence-corrected chi connectivity index (χ1v) is 6.62. The Morgan fingerprint density at radius 1 is 1.16 bits per heavy atom. The highest BCUT2D eigenvalue weighted by molar-refractivity contribution is 9.10. The molecule has 0 radical (unpaired) electrons. The Morgan fingerprint density at radius 3 is 2.47 bits per heavy atom. The summed E-state index contributed by atoms with van der Waals surface area (Å²) >= 11 is 3.43. The van der Waals surface area contributed by atoms with Crippen LogP contribution in [-0.2, 0) is 6.54 Å². The van der Waals surface area contributed by atoms with Crippen molar-refractivity contribution >= 4 is 21.8 Å². The molecule has 0 saturated carbocycles. The molecule has 1 amide bonds. The van der Waals surface area contributed by atoms with E-state index in [1.54, 1.807) is 19.2 Å². The van der Waals surface area contributed by atoms with Crippen molar-refractivity contribution in [1.29, 1.82) is 0 Å². The second-order valence-corrected chi connectivity index (χ2v) is 5.09. The van der Waals surface area contributed by atoms with Crippen LogP contribution in [-0.4, -0.2) is 17.9 Å². The first-order chi connectivity index (χ1) is 9.09. The molecule has 2 aromatic carbocycles. The van der Waals surface area contributed by atoms with Crippen LogP contribution < -0.4 is 0 Å². The first-order valence-electron chi connectivity index (χ1n) is 5.83. The summed E-state index contributed by atoms with van der Waals surface area (Å²) in [5, 5.41) is 0. The smallest absolute Gasteiger partial charge is 0.256 e. The van der Waals surface area contributed by atoms with Crippen LogP contribution in [0.2, 0.25) is 0 Å². The van der Waals surface area contributed by atoms with Gasteiger partial charge in [0, 0.05) is 18.1 Å². The number of hydrogen-bond donors (Lipinski definition) is 0. The minimum Gasteiger partial charge on any atom is -0.337 e. The third-order valence-electron chi connectivity index (χ3n) is 2.82. The summed E-state index contributed by atoms with van der Waals surface area (Å²) in [6.45, 7) is 0.425. The number of nitrogens with zero attached hydrogens (tertiary/aromatic N) is 1. The van der Waals surface area contributed by atoms with Gasteiger partial charge in [0.05, 0.1) is 5.56 Å². The highest BCUT2D eigenvalue weighted by atomic mass is 79.9. The van der Waals surface area contributed by atoms with Crippen LogP contribution in [0.15, 0.2) is 53.0 Å². The molecule has 0 saturated heterocycles. The molecule has 2 nitrogen and oxygen atoms in total. The molecule has 2 rings (SSSR count). The van der Waals surface area contributed by atoms with E-state index in [1.165, 1.54) is 17.0 Å². The largest absolute Gasteiger partial charge is 0.337 e. The van der Waals surface area contributed by atoms with E-state index in [4.69, 9.17) is 0 Å². The summed E-state index contributed by atoms with van der Waals surface area (Å²) in [7, 11) is 1.66. The molecular formula is C15H13BrFNO. The zero-order valence-corrected chi connectivity index (χ0v) is 12.0. The van der Waals surface area contributed by atoms with Crippen molar-refractivity contribution in [2.45, 2.75) is 6.54 Å². The van der Waals surface area contributed by atoms with Crippen LogP contribution in [0.25, 0.3) is 0 Å². The zero-order valence-electron chi connectivity index (χ0n) is 10.4. The molecule has 0 aliphatic heterocycles. The van der Waals surface area contributed by atoms with Gasteiger partial charge in [-0.15, -0.1) is 0 Å². The molecule has 0 aromatic heterocycles. The summed E-state index contributed by atoms with van der Waals surface area (Å²) in [5.41, 5.74) is 1.08. The van der Waals surface area contributed by atoms with Crippen molar-refractivity contribution in [2.75, 3.05) is 7.05 Å². The molecule has 19 heavy (non-hydrogen) atoms. The van der Waals surface area contributed by atoms with Crippen LogP contribution >= 0.6 is 15.9 Å². The SMILES string of the molecule is CN(Cc1ccccc1Br)C(=O)c1ccccc1F. The van der Waals surface area contributed by atoms with Crippen molar-refractivity contribution < 1.29 is 9.18 Å². The van der Waals surface area contributed by atoms with Crippen LogP contribution in [0.1, 0.15) is 15.9 Å². The van der Waals surface area contributed by atoms with Gasteiger partial charge in [0.2, 0.25) is 0 Å². The fourth-order valence-electron chi connectivity index (χ4n) is 1.79. The van der Waals surface area contributed by atoms with E-state index >= 15 is 0 Å². The molecule has 0 bridgehead atoms. The normalized spacial score (nSPS) is 10.3. The summed E-state index contributed by atoms with van der Waals surface area (Å²) in [5.74, 6) is -0.819. The van der Waals surface area contributed by atoms with Gasteiger partial charge in [-0.2, -0.15) is 0 Å². The Hall–Kier alpha value is -1.68. The Bertz CT molecular complexity index is 600. The zero-order chi connectivity index (χ0) is 13.8. The molecule has 98 valence electrons. The molecule has 0 aliphatic rings. The second kappa shape index (κ2) is 5.97. The summed E-state index contributed by atoms with van der Waals surface area (Å²) < 4.78 is 14.5. The monoisotopic (exact) mass is 321 g/mol. The van der Waals surface area contributed by atoms with Crippen LogP contribution in [0.4, 0.5) is 4.39 Å². The Balaban J connectivity index is 2.17. The standard InChI is InChI=1S/C15H13BrFNO/c1-18(10-11-6-2-4-8-13(11)16)15(19)12-7-3-5-9-14(12)17/h2-9H,10H2,1H3. The predicted molar refractivity (Wildman–Crippen MR) is 76.3 cm³/mol.